The van der Waals surface area contributed by atoms with Crippen LogP contribution in [-0.2, 0) is 0 Å². The highest BCUT2D eigenvalue weighted by molar-refractivity contribution is 5.95. The van der Waals surface area contributed by atoms with Gasteiger partial charge in [-0.25, -0.2) is 14.6 Å². The number of piperazine rings is 1. The summed E-state index contributed by atoms with van der Waals surface area (Å²) in [6, 6.07) is 11.2. The first-order valence-electron chi connectivity index (χ1n) is 8.73. The molecule has 3 heterocycles. The molecule has 1 saturated heterocycles. The van der Waals surface area contributed by atoms with Crippen molar-refractivity contribution < 1.29 is 9.53 Å². The minimum absolute atomic E-state index is 0. The molecular formula is C19H22Cl2N6O2. The highest BCUT2D eigenvalue weighted by Crippen LogP contribution is 2.31. The van der Waals surface area contributed by atoms with Gasteiger partial charge < -0.3 is 15.0 Å². The number of carbonyl (C=O) groups excluding carboxylic acids is 1. The number of pyridine rings is 1. The van der Waals surface area contributed by atoms with E-state index in [1.807, 2.05) is 29.2 Å². The Hall–Kier alpha value is -2.68. The van der Waals surface area contributed by atoms with Crippen LogP contribution in [0.25, 0.3) is 5.82 Å². The van der Waals surface area contributed by atoms with E-state index in [1.165, 1.54) is 11.0 Å². The smallest absolute Gasteiger partial charge is 0.254 e. The summed E-state index contributed by atoms with van der Waals surface area (Å²) < 4.78 is 7.04. The largest absolute Gasteiger partial charge is 0.496 e. The second-order valence-corrected chi connectivity index (χ2v) is 6.20. The van der Waals surface area contributed by atoms with E-state index in [-0.39, 0.29) is 36.8 Å². The second-order valence-electron chi connectivity index (χ2n) is 6.20. The number of para-hydroxylation sites is 1. The fourth-order valence-corrected chi connectivity index (χ4v) is 3.34. The summed E-state index contributed by atoms with van der Waals surface area (Å²) in [7, 11) is 1.65. The normalized spacial score (nSPS) is 15.8. The lowest BCUT2D eigenvalue weighted by Crippen LogP contribution is -2.48. The van der Waals surface area contributed by atoms with Crippen LogP contribution in [0.2, 0.25) is 0 Å². The number of hydrogen-bond acceptors (Lipinski definition) is 6. The number of benzene rings is 1. The number of ether oxygens (including phenoxy) is 1. The minimum Gasteiger partial charge on any atom is -0.496 e. The second kappa shape index (κ2) is 10.2. The molecule has 29 heavy (non-hydrogen) atoms. The Morgan fingerprint density at radius 2 is 2.07 bits per heavy atom. The summed E-state index contributed by atoms with van der Waals surface area (Å²) in [5.74, 6) is 1.29. The Balaban J connectivity index is 0.00000150. The predicted molar refractivity (Wildman–Crippen MR) is 113 cm³/mol. The van der Waals surface area contributed by atoms with Crippen molar-refractivity contribution in [3.05, 3.63) is 66.4 Å². The van der Waals surface area contributed by atoms with Gasteiger partial charge in [0.15, 0.2) is 5.82 Å². The van der Waals surface area contributed by atoms with Gasteiger partial charge in [-0.3, -0.25) is 4.79 Å². The van der Waals surface area contributed by atoms with E-state index < -0.39 is 0 Å². The fourth-order valence-electron chi connectivity index (χ4n) is 3.34. The molecule has 1 aliphatic heterocycles. The van der Waals surface area contributed by atoms with Crippen LogP contribution in [0.3, 0.4) is 0 Å². The third-order valence-electron chi connectivity index (χ3n) is 4.65. The maximum Gasteiger partial charge on any atom is 0.254 e. The van der Waals surface area contributed by atoms with Crippen molar-refractivity contribution >= 4 is 30.7 Å². The maximum absolute atomic E-state index is 13.3. The molecule has 0 spiro atoms. The number of rotatable bonds is 4. The molecule has 1 aliphatic rings. The first kappa shape index (κ1) is 22.6. The maximum atomic E-state index is 13.3. The van der Waals surface area contributed by atoms with Gasteiger partial charge in [0.1, 0.15) is 18.4 Å². The molecule has 8 nitrogen and oxygen atoms in total. The van der Waals surface area contributed by atoms with Crippen LogP contribution >= 0.6 is 24.8 Å². The van der Waals surface area contributed by atoms with Gasteiger partial charge in [-0.1, -0.05) is 18.2 Å². The Morgan fingerprint density at radius 3 is 2.83 bits per heavy atom. The van der Waals surface area contributed by atoms with Crippen LogP contribution < -0.4 is 10.1 Å². The average Bonchev–Trinajstić information content (AvgIpc) is 3.28. The molecular weight excluding hydrogens is 415 g/mol. The minimum atomic E-state index is -0.106. The molecule has 1 unspecified atom stereocenters. The number of nitrogens with one attached hydrogen (secondary N) is 1. The quantitative estimate of drug-likeness (QED) is 0.675. The lowest BCUT2D eigenvalue weighted by molar-refractivity contribution is 0.0631. The Labute approximate surface area is 181 Å². The average molecular weight is 437 g/mol. The van der Waals surface area contributed by atoms with Gasteiger partial charge in [-0.05, 0) is 18.2 Å². The number of methoxy groups -OCH3 is 1. The first-order valence-corrected chi connectivity index (χ1v) is 8.73. The number of nitrogens with zero attached hydrogens (tertiary/aromatic N) is 5. The molecule has 0 saturated carbocycles. The van der Waals surface area contributed by atoms with E-state index >= 15 is 0 Å². The lowest BCUT2D eigenvalue weighted by Gasteiger charge is -2.37. The van der Waals surface area contributed by atoms with Gasteiger partial charge in [-0.15, -0.1) is 24.8 Å². The zero-order valence-corrected chi connectivity index (χ0v) is 17.4. The molecule has 10 heteroatoms. The molecule has 154 valence electrons. The zero-order chi connectivity index (χ0) is 18.6. The number of hydrogen-bond donors (Lipinski definition) is 1. The monoisotopic (exact) mass is 436 g/mol. The van der Waals surface area contributed by atoms with Crippen LogP contribution in [0.5, 0.6) is 5.75 Å². The fraction of sp³-hybridized carbons (Fsp3) is 0.263. The van der Waals surface area contributed by atoms with Gasteiger partial charge in [0.25, 0.3) is 5.91 Å². The van der Waals surface area contributed by atoms with Gasteiger partial charge in [0.2, 0.25) is 0 Å². The molecule has 3 aromatic rings. The molecule has 1 fully saturated rings. The molecule has 4 rings (SSSR count). The van der Waals surface area contributed by atoms with Crippen molar-refractivity contribution in [1.29, 1.82) is 0 Å². The van der Waals surface area contributed by atoms with Crippen LogP contribution in [0.4, 0.5) is 0 Å². The summed E-state index contributed by atoms with van der Waals surface area (Å²) in [5.41, 5.74) is 1.56. The van der Waals surface area contributed by atoms with Gasteiger partial charge in [-0.2, -0.15) is 5.10 Å². The first-order chi connectivity index (χ1) is 13.3. The molecule has 1 atom stereocenters. The highest BCUT2D eigenvalue weighted by Gasteiger charge is 2.30. The van der Waals surface area contributed by atoms with E-state index in [9.17, 15) is 4.79 Å². The molecule has 1 N–H and O–H groups in total. The molecule has 1 amide bonds. The van der Waals surface area contributed by atoms with Gasteiger partial charge in [0, 0.05) is 37.0 Å². The third kappa shape index (κ3) is 4.67. The molecule has 0 aliphatic carbocycles. The van der Waals surface area contributed by atoms with Crippen LogP contribution in [0, 0.1) is 0 Å². The molecule has 0 bridgehead atoms. The summed E-state index contributed by atoms with van der Waals surface area (Å²) in [6.45, 7) is 2.04. The van der Waals surface area contributed by atoms with Gasteiger partial charge in [0.05, 0.1) is 13.2 Å². The van der Waals surface area contributed by atoms with E-state index in [0.717, 1.165) is 17.9 Å². The summed E-state index contributed by atoms with van der Waals surface area (Å²) >= 11 is 0. The summed E-state index contributed by atoms with van der Waals surface area (Å²) in [6.07, 6.45) is 4.60. The number of aromatic nitrogens is 4. The Bertz CT molecular complexity index is 938. The van der Waals surface area contributed by atoms with E-state index in [4.69, 9.17) is 4.74 Å². The Morgan fingerprint density at radius 1 is 1.24 bits per heavy atom. The third-order valence-corrected chi connectivity index (χ3v) is 4.65. The summed E-state index contributed by atoms with van der Waals surface area (Å²) in [4.78, 5) is 23.4. The number of amides is 1. The topological polar surface area (TPSA) is 85.2 Å². The summed E-state index contributed by atoms with van der Waals surface area (Å²) in [5, 5.41) is 7.45. The van der Waals surface area contributed by atoms with Crippen LogP contribution in [0.15, 0.2) is 55.2 Å². The predicted octanol–water partition coefficient (Wildman–Crippen LogP) is 2.30. The molecule has 1 aromatic carbocycles. The van der Waals surface area contributed by atoms with Gasteiger partial charge >= 0.3 is 0 Å². The molecule has 0 radical (unpaired) electrons. The number of halogens is 2. The van der Waals surface area contributed by atoms with Crippen molar-refractivity contribution in [2.24, 2.45) is 0 Å². The highest BCUT2D eigenvalue weighted by atomic mass is 35.5. The van der Waals surface area contributed by atoms with Crippen LogP contribution in [0.1, 0.15) is 22.0 Å². The van der Waals surface area contributed by atoms with Crippen molar-refractivity contribution in [3.63, 3.8) is 0 Å². The van der Waals surface area contributed by atoms with Crippen molar-refractivity contribution in [3.8, 4) is 11.6 Å². The zero-order valence-electron chi connectivity index (χ0n) is 15.8. The SMILES string of the molecule is COc1ccccc1C1CNCCN1C(=O)c1ccnc(-n2cncn2)c1.Cl.Cl. The van der Waals surface area contributed by atoms with Crippen molar-refractivity contribution in [2.45, 2.75) is 6.04 Å². The van der Waals surface area contributed by atoms with E-state index in [1.54, 1.807) is 31.8 Å². The standard InChI is InChI=1S/C19H20N6O2.2ClH/c1-27-17-5-3-2-4-15(17)16-11-20-8-9-24(16)19(26)14-6-7-22-18(10-14)25-13-21-12-23-25;;/h2-7,10,12-13,16,20H,8-9,11H2,1H3;2*1H. The van der Waals surface area contributed by atoms with Crippen LogP contribution in [-0.4, -0.2) is 57.3 Å². The molecule has 2 aromatic heterocycles. The van der Waals surface area contributed by atoms with Crippen molar-refractivity contribution in [1.82, 2.24) is 30.0 Å². The van der Waals surface area contributed by atoms with Crippen molar-refractivity contribution in [2.75, 3.05) is 26.7 Å². The lowest BCUT2D eigenvalue weighted by atomic mass is 10.0. The Kier molecular flexibility index (Phi) is 7.95. The number of carbonyl (C=O) groups is 1. The van der Waals surface area contributed by atoms with E-state index in [0.29, 0.717) is 24.5 Å². The van der Waals surface area contributed by atoms with E-state index in [2.05, 4.69) is 20.4 Å².